The molecule has 0 atom stereocenters. The van der Waals surface area contributed by atoms with Gasteiger partial charge in [0.05, 0.1) is 16.8 Å². The van der Waals surface area contributed by atoms with Crippen molar-refractivity contribution in [3.63, 3.8) is 0 Å². The van der Waals surface area contributed by atoms with Crippen LogP contribution in [0.5, 0.6) is 0 Å². The Kier molecular flexibility index (Phi) is 3.63. The van der Waals surface area contributed by atoms with Gasteiger partial charge in [0, 0.05) is 5.46 Å². The smallest absolute Gasteiger partial charge is 0.399 e. The number of halogens is 4. The van der Waals surface area contributed by atoms with E-state index in [2.05, 4.69) is 0 Å². The molecular weight excluding hydrogens is 275 g/mol. The van der Waals surface area contributed by atoms with Gasteiger partial charge in [-0.15, -0.1) is 0 Å². The van der Waals surface area contributed by atoms with Crippen molar-refractivity contribution in [2.75, 3.05) is 0 Å². The van der Waals surface area contributed by atoms with Gasteiger partial charge in [0.2, 0.25) is 0 Å². The fourth-order valence-electron chi connectivity index (χ4n) is 1.94. The highest BCUT2D eigenvalue weighted by atomic mass is 19.3. The van der Waals surface area contributed by atoms with E-state index in [1.54, 1.807) is 27.7 Å². The molecule has 1 saturated heterocycles. The quantitative estimate of drug-likeness (QED) is 0.615. The van der Waals surface area contributed by atoms with E-state index in [1.807, 2.05) is 0 Å². The summed E-state index contributed by atoms with van der Waals surface area (Å²) in [7, 11) is -1.14. The second-order valence-electron chi connectivity index (χ2n) is 5.75. The number of alkyl halides is 2. The van der Waals surface area contributed by atoms with E-state index < -0.39 is 41.9 Å². The largest absolute Gasteiger partial charge is 0.497 e. The third kappa shape index (κ3) is 2.33. The molecule has 0 aromatic heterocycles. The lowest BCUT2D eigenvalue weighted by atomic mass is 9.77. The molecule has 1 aliphatic rings. The van der Waals surface area contributed by atoms with Gasteiger partial charge in [0.15, 0.2) is 0 Å². The minimum Gasteiger partial charge on any atom is -0.399 e. The molecule has 1 fully saturated rings. The maximum absolute atomic E-state index is 14.1. The summed E-state index contributed by atoms with van der Waals surface area (Å²) >= 11 is 0. The molecule has 1 heterocycles. The molecular formula is C13H15BF4O2. The predicted octanol–water partition coefficient (Wildman–Crippen LogP) is 3.20. The number of rotatable bonds is 2. The van der Waals surface area contributed by atoms with Gasteiger partial charge in [-0.25, -0.2) is 17.6 Å². The Morgan fingerprint density at radius 1 is 1.00 bits per heavy atom. The van der Waals surface area contributed by atoms with E-state index in [1.165, 1.54) is 0 Å². The Morgan fingerprint density at radius 3 is 1.95 bits per heavy atom. The van der Waals surface area contributed by atoms with Gasteiger partial charge in [-0.1, -0.05) is 6.07 Å². The summed E-state index contributed by atoms with van der Waals surface area (Å²) in [5, 5.41) is 0. The Hall–Kier alpha value is -1.08. The highest BCUT2D eigenvalue weighted by molar-refractivity contribution is 6.62. The van der Waals surface area contributed by atoms with Crippen molar-refractivity contribution in [1.29, 1.82) is 0 Å². The molecule has 0 radical (unpaired) electrons. The summed E-state index contributed by atoms with van der Waals surface area (Å²) in [6.07, 6.45) is -3.24. The fraction of sp³-hybridized carbons (Fsp3) is 0.538. The van der Waals surface area contributed by atoms with Crippen molar-refractivity contribution < 1.29 is 26.9 Å². The Balaban J connectivity index is 2.44. The molecule has 20 heavy (non-hydrogen) atoms. The zero-order chi connectivity index (χ0) is 15.3. The van der Waals surface area contributed by atoms with Crippen LogP contribution in [0.3, 0.4) is 0 Å². The molecule has 0 bridgehead atoms. The van der Waals surface area contributed by atoms with Gasteiger partial charge in [-0.2, -0.15) is 0 Å². The highest BCUT2D eigenvalue weighted by Gasteiger charge is 2.52. The van der Waals surface area contributed by atoms with Crippen LogP contribution in [0, 0.1) is 11.6 Å². The number of hydrogen-bond acceptors (Lipinski definition) is 2. The standard InChI is InChI=1S/C13H15BF4O2/c1-12(2)13(3,4)20-14(19-12)7-5-6-8(15)9(10(7)16)11(17)18/h5-6,11H,1-4H3. The topological polar surface area (TPSA) is 18.5 Å². The van der Waals surface area contributed by atoms with Crippen LogP contribution in [-0.2, 0) is 9.31 Å². The van der Waals surface area contributed by atoms with Crippen LogP contribution in [-0.4, -0.2) is 18.3 Å². The van der Waals surface area contributed by atoms with Crippen LogP contribution >= 0.6 is 0 Å². The molecule has 0 aliphatic carbocycles. The van der Waals surface area contributed by atoms with Gasteiger partial charge in [-0.05, 0) is 33.8 Å². The summed E-state index contributed by atoms with van der Waals surface area (Å²) in [4.78, 5) is 0. The lowest BCUT2D eigenvalue weighted by Crippen LogP contribution is -2.41. The highest BCUT2D eigenvalue weighted by Crippen LogP contribution is 2.37. The molecule has 0 unspecified atom stereocenters. The molecule has 1 aromatic carbocycles. The third-order valence-electron chi connectivity index (χ3n) is 3.88. The van der Waals surface area contributed by atoms with Crippen molar-refractivity contribution in [1.82, 2.24) is 0 Å². The lowest BCUT2D eigenvalue weighted by Gasteiger charge is -2.32. The van der Waals surface area contributed by atoms with E-state index in [9.17, 15) is 17.6 Å². The van der Waals surface area contributed by atoms with E-state index in [0.717, 1.165) is 12.1 Å². The molecule has 2 nitrogen and oxygen atoms in total. The van der Waals surface area contributed by atoms with Crippen LogP contribution in [0.15, 0.2) is 12.1 Å². The summed E-state index contributed by atoms with van der Waals surface area (Å²) in [5.41, 5.74) is -2.94. The van der Waals surface area contributed by atoms with E-state index in [-0.39, 0.29) is 5.46 Å². The molecule has 0 amide bonds. The monoisotopic (exact) mass is 290 g/mol. The first-order valence-electron chi connectivity index (χ1n) is 6.18. The molecule has 7 heteroatoms. The minimum absolute atomic E-state index is 0.222. The number of hydrogen-bond donors (Lipinski definition) is 0. The minimum atomic E-state index is -3.24. The summed E-state index contributed by atoms with van der Waals surface area (Å²) < 4.78 is 63.9. The lowest BCUT2D eigenvalue weighted by molar-refractivity contribution is 0.00578. The molecule has 0 spiro atoms. The summed E-state index contributed by atoms with van der Waals surface area (Å²) in [6, 6.07) is 1.86. The Morgan fingerprint density at radius 2 is 1.50 bits per heavy atom. The Labute approximate surface area is 115 Å². The molecule has 0 saturated carbocycles. The van der Waals surface area contributed by atoms with Crippen LogP contribution < -0.4 is 5.46 Å². The van der Waals surface area contributed by atoms with Crippen molar-refractivity contribution in [2.24, 2.45) is 0 Å². The maximum Gasteiger partial charge on any atom is 0.497 e. The molecule has 0 N–H and O–H groups in total. The van der Waals surface area contributed by atoms with Crippen LogP contribution in [0.25, 0.3) is 0 Å². The first kappa shape index (κ1) is 15.3. The van der Waals surface area contributed by atoms with Crippen molar-refractivity contribution in [2.45, 2.75) is 45.3 Å². The van der Waals surface area contributed by atoms with Gasteiger partial charge in [-0.3, -0.25) is 0 Å². The SMILES string of the molecule is CC1(C)OB(c2ccc(F)c(C(F)F)c2F)OC1(C)C. The van der Waals surface area contributed by atoms with Crippen LogP contribution in [0.4, 0.5) is 17.6 Å². The van der Waals surface area contributed by atoms with Gasteiger partial charge < -0.3 is 9.31 Å². The average molecular weight is 290 g/mol. The van der Waals surface area contributed by atoms with Gasteiger partial charge >= 0.3 is 7.12 Å². The molecule has 1 aliphatic heterocycles. The Bertz CT molecular complexity index is 515. The van der Waals surface area contributed by atoms with E-state index in [4.69, 9.17) is 9.31 Å². The predicted molar refractivity (Wildman–Crippen MR) is 67.0 cm³/mol. The zero-order valence-electron chi connectivity index (χ0n) is 11.6. The zero-order valence-corrected chi connectivity index (χ0v) is 11.6. The van der Waals surface area contributed by atoms with Crippen molar-refractivity contribution in [3.05, 3.63) is 29.3 Å². The fourth-order valence-corrected chi connectivity index (χ4v) is 1.94. The van der Waals surface area contributed by atoms with E-state index in [0.29, 0.717) is 0 Å². The molecule has 110 valence electrons. The summed E-state index contributed by atoms with van der Waals surface area (Å²) in [6.45, 7) is 7.01. The van der Waals surface area contributed by atoms with Crippen molar-refractivity contribution >= 4 is 12.6 Å². The number of benzene rings is 1. The van der Waals surface area contributed by atoms with Gasteiger partial charge in [0.1, 0.15) is 11.6 Å². The second kappa shape index (κ2) is 4.74. The van der Waals surface area contributed by atoms with Gasteiger partial charge in [0.25, 0.3) is 6.43 Å². The third-order valence-corrected chi connectivity index (χ3v) is 3.88. The second-order valence-corrected chi connectivity index (χ2v) is 5.75. The summed E-state index contributed by atoms with van der Waals surface area (Å²) in [5.74, 6) is -2.60. The molecule has 1 aromatic rings. The van der Waals surface area contributed by atoms with Crippen LogP contribution in [0.2, 0.25) is 0 Å². The first-order chi connectivity index (χ1) is 9.07. The molecule has 2 rings (SSSR count). The van der Waals surface area contributed by atoms with E-state index >= 15 is 0 Å². The first-order valence-corrected chi connectivity index (χ1v) is 6.18. The van der Waals surface area contributed by atoms with Crippen LogP contribution in [0.1, 0.15) is 39.7 Å². The average Bonchev–Trinajstić information content (AvgIpc) is 2.47. The maximum atomic E-state index is 14.1. The van der Waals surface area contributed by atoms with Crippen molar-refractivity contribution in [3.8, 4) is 0 Å². The normalized spacial score (nSPS) is 20.8.